The summed E-state index contributed by atoms with van der Waals surface area (Å²) in [7, 11) is 3.52. The molecule has 6 nitrogen and oxygen atoms in total. The summed E-state index contributed by atoms with van der Waals surface area (Å²) in [6.45, 7) is 0.451. The van der Waals surface area contributed by atoms with Gasteiger partial charge in [0.2, 0.25) is 0 Å². The third-order valence-electron chi connectivity index (χ3n) is 2.97. The first kappa shape index (κ1) is 13.9. The maximum Gasteiger partial charge on any atom is 0.250 e. The largest absolute Gasteiger partial charge is 0.398 e. The Kier molecular flexibility index (Phi) is 3.60. The third-order valence-corrected chi connectivity index (χ3v) is 2.97. The molecule has 0 fully saturated rings. The van der Waals surface area contributed by atoms with Crippen molar-refractivity contribution in [2.75, 3.05) is 17.7 Å². The van der Waals surface area contributed by atoms with Crippen LogP contribution in [-0.4, -0.2) is 22.7 Å². The minimum absolute atomic E-state index is 0.0357. The Morgan fingerprint density at radius 1 is 1.50 bits per heavy atom. The lowest BCUT2D eigenvalue weighted by atomic mass is 10.1. The van der Waals surface area contributed by atoms with Gasteiger partial charge in [0.15, 0.2) is 0 Å². The number of hydrogen-bond acceptors (Lipinski definition) is 4. The second-order valence-electron chi connectivity index (χ2n) is 4.63. The normalized spacial score (nSPS) is 10.6. The van der Waals surface area contributed by atoms with E-state index >= 15 is 0 Å². The van der Waals surface area contributed by atoms with Crippen molar-refractivity contribution >= 4 is 17.3 Å². The number of halogens is 1. The average molecular weight is 277 g/mol. The number of amides is 1. The fourth-order valence-corrected chi connectivity index (χ4v) is 2.00. The van der Waals surface area contributed by atoms with Crippen molar-refractivity contribution in [3.05, 3.63) is 41.5 Å². The van der Waals surface area contributed by atoms with Gasteiger partial charge in [0.25, 0.3) is 5.91 Å². The lowest BCUT2D eigenvalue weighted by Crippen LogP contribution is -2.20. The number of aromatic nitrogens is 2. The molecule has 4 N–H and O–H groups in total. The summed E-state index contributed by atoms with van der Waals surface area (Å²) in [4.78, 5) is 12.9. The fourth-order valence-electron chi connectivity index (χ4n) is 2.00. The predicted octanol–water partition coefficient (Wildman–Crippen LogP) is 0.877. The summed E-state index contributed by atoms with van der Waals surface area (Å²) >= 11 is 0. The SMILES string of the molecule is CN(Cc1cnn(C)c1)c1cc(C(N)=O)c(N)cc1F. The van der Waals surface area contributed by atoms with E-state index in [1.54, 1.807) is 29.9 Å². The van der Waals surface area contributed by atoms with Crippen LogP contribution in [0.15, 0.2) is 24.5 Å². The van der Waals surface area contributed by atoms with Gasteiger partial charge in [-0.05, 0) is 12.1 Å². The van der Waals surface area contributed by atoms with Crippen molar-refractivity contribution in [2.45, 2.75) is 6.54 Å². The number of hydrogen-bond donors (Lipinski definition) is 2. The van der Waals surface area contributed by atoms with Crippen molar-refractivity contribution in [3.8, 4) is 0 Å². The molecule has 7 heteroatoms. The van der Waals surface area contributed by atoms with Crippen LogP contribution in [0, 0.1) is 5.82 Å². The first-order valence-electron chi connectivity index (χ1n) is 5.96. The highest BCUT2D eigenvalue weighted by Gasteiger charge is 2.15. The highest BCUT2D eigenvalue weighted by Crippen LogP contribution is 2.25. The molecule has 20 heavy (non-hydrogen) atoms. The molecule has 0 spiro atoms. The molecular weight excluding hydrogens is 261 g/mol. The van der Waals surface area contributed by atoms with Crippen LogP contribution in [-0.2, 0) is 13.6 Å². The predicted molar refractivity (Wildman–Crippen MR) is 74.6 cm³/mol. The monoisotopic (exact) mass is 277 g/mol. The Hall–Kier alpha value is -2.57. The highest BCUT2D eigenvalue weighted by atomic mass is 19.1. The van der Waals surface area contributed by atoms with E-state index in [2.05, 4.69) is 5.10 Å². The number of benzene rings is 1. The van der Waals surface area contributed by atoms with E-state index in [0.717, 1.165) is 11.6 Å². The number of primary amides is 1. The van der Waals surface area contributed by atoms with Gasteiger partial charge >= 0.3 is 0 Å². The molecular formula is C13H16FN5O. The minimum Gasteiger partial charge on any atom is -0.398 e. The number of anilines is 2. The molecule has 0 saturated carbocycles. The van der Waals surface area contributed by atoms with Crippen molar-refractivity contribution < 1.29 is 9.18 Å². The van der Waals surface area contributed by atoms with Crippen LogP contribution >= 0.6 is 0 Å². The van der Waals surface area contributed by atoms with Crippen molar-refractivity contribution in [1.82, 2.24) is 9.78 Å². The molecule has 0 saturated heterocycles. The van der Waals surface area contributed by atoms with Crippen molar-refractivity contribution in [1.29, 1.82) is 0 Å². The van der Waals surface area contributed by atoms with Gasteiger partial charge < -0.3 is 16.4 Å². The fraction of sp³-hybridized carbons (Fsp3) is 0.231. The molecule has 106 valence electrons. The zero-order valence-corrected chi connectivity index (χ0v) is 11.3. The van der Waals surface area contributed by atoms with E-state index in [0.29, 0.717) is 6.54 Å². The number of aryl methyl sites for hydroxylation is 1. The number of nitrogens with zero attached hydrogens (tertiary/aromatic N) is 3. The van der Waals surface area contributed by atoms with Gasteiger partial charge in [-0.25, -0.2) is 4.39 Å². The summed E-state index contributed by atoms with van der Waals surface area (Å²) in [5.41, 5.74) is 12.1. The highest BCUT2D eigenvalue weighted by molar-refractivity contribution is 5.99. The van der Waals surface area contributed by atoms with Crippen LogP contribution in [0.2, 0.25) is 0 Å². The zero-order chi connectivity index (χ0) is 14.9. The second kappa shape index (κ2) is 5.20. The van der Waals surface area contributed by atoms with E-state index < -0.39 is 11.7 Å². The topological polar surface area (TPSA) is 90.2 Å². The van der Waals surface area contributed by atoms with Crippen LogP contribution in [0.1, 0.15) is 15.9 Å². The maximum atomic E-state index is 14.0. The molecule has 1 heterocycles. The van der Waals surface area contributed by atoms with Crippen molar-refractivity contribution in [3.63, 3.8) is 0 Å². The molecule has 0 bridgehead atoms. The number of rotatable bonds is 4. The van der Waals surface area contributed by atoms with Gasteiger partial charge in [-0.2, -0.15) is 5.10 Å². The number of nitrogens with two attached hydrogens (primary N) is 2. The molecule has 0 unspecified atom stereocenters. The Balaban J connectivity index is 2.31. The molecule has 1 aromatic carbocycles. The van der Waals surface area contributed by atoms with Crippen LogP contribution in [0.4, 0.5) is 15.8 Å². The Bertz CT molecular complexity index is 652. The molecule has 0 aliphatic carbocycles. The number of nitrogen functional groups attached to an aromatic ring is 1. The molecule has 0 atom stereocenters. The molecule has 1 aromatic heterocycles. The summed E-state index contributed by atoms with van der Waals surface area (Å²) in [5.74, 6) is -1.18. The van der Waals surface area contributed by atoms with Gasteiger partial charge in [-0.1, -0.05) is 0 Å². The smallest absolute Gasteiger partial charge is 0.250 e. The van der Waals surface area contributed by atoms with E-state index in [-0.39, 0.29) is 16.9 Å². The van der Waals surface area contributed by atoms with E-state index in [1.165, 1.54) is 6.07 Å². The van der Waals surface area contributed by atoms with Gasteiger partial charge in [-0.15, -0.1) is 0 Å². The quantitative estimate of drug-likeness (QED) is 0.812. The van der Waals surface area contributed by atoms with E-state index in [4.69, 9.17) is 11.5 Å². The van der Waals surface area contributed by atoms with Gasteiger partial charge in [-0.3, -0.25) is 9.48 Å². The first-order valence-corrected chi connectivity index (χ1v) is 5.96. The van der Waals surface area contributed by atoms with E-state index in [1.807, 2.05) is 6.20 Å². The van der Waals surface area contributed by atoms with Crippen LogP contribution in [0.3, 0.4) is 0 Å². The van der Waals surface area contributed by atoms with Crippen LogP contribution in [0.5, 0.6) is 0 Å². The standard InChI is InChI=1S/C13H16FN5O/c1-18(6-8-5-17-19(2)7-8)12-3-9(13(16)20)11(15)4-10(12)14/h3-5,7H,6,15H2,1-2H3,(H2,16,20). The number of carbonyl (C=O) groups is 1. The Labute approximate surface area is 115 Å². The van der Waals surface area contributed by atoms with Crippen molar-refractivity contribution in [2.24, 2.45) is 12.8 Å². The van der Waals surface area contributed by atoms with Gasteiger partial charge in [0.1, 0.15) is 5.82 Å². The summed E-state index contributed by atoms with van der Waals surface area (Å²) < 4.78 is 15.6. The van der Waals surface area contributed by atoms with Crippen LogP contribution < -0.4 is 16.4 Å². The minimum atomic E-state index is -0.682. The summed E-state index contributed by atoms with van der Waals surface area (Å²) in [6, 6.07) is 2.47. The Morgan fingerprint density at radius 2 is 2.20 bits per heavy atom. The van der Waals surface area contributed by atoms with Gasteiger partial charge in [0, 0.05) is 38.1 Å². The van der Waals surface area contributed by atoms with E-state index in [9.17, 15) is 9.18 Å². The second-order valence-corrected chi connectivity index (χ2v) is 4.63. The molecule has 0 aliphatic rings. The molecule has 0 aliphatic heterocycles. The molecule has 1 amide bonds. The first-order chi connectivity index (χ1) is 9.38. The summed E-state index contributed by atoms with van der Waals surface area (Å²) in [5, 5.41) is 4.05. The maximum absolute atomic E-state index is 14.0. The lowest BCUT2D eigenvalue weighted by molar-refractivity contribution is 0.100. The lowest BCUT2D eigenvalue weighted by Gasteiger charge is -2.20. The number of carbonyl (C=O) groups excluding carboxylic acids is 1. The Morgan fingerprint density at radius 3 is 2.75 bits per heavy atom. The molecule has 2 aromatic rings. The average Bonchev–Trinajstić information content (AvgIpc) is 2.74. The van der Waals surface area contributed by atoms with Gasteiger partial charge in [0.05, 0.1) is 17.4 Å². The summed E-state index contributed by atoms with van der Waals surface area (Å²) in [6.07, 6.45) is 3.53. The zero-order valence-electron chi connectivity index (χ0n) is 11.3. The molecule has 2 rings (SSSR count). The van der Waals surface area contributed by atoms with Crippen LogP contribution in [0.25, 0.3) is 0 Å². The molecule has 0 radical (unpaired) electrons. The third kappa shape index (κ3) is 2.71.